The van der Waals surface area contributed by atoms with Crippen molar-refractivity contribution in [3.63, 3.8) is 0 Å². The number of thioether (sulfide) groups is 1. The third-order valence-electron chi connectivity index (χ3n) is 2.85. The van der Waals surface area contributed by atoms with Crippen LogP contribution in [-0.4, -0.2) is 28.9 Å². The van der Waals surface area contributed by atoms with E-state index in [4.69, 9.17) is 4.74 Å². The van der Waals surface area contributed by atoms with Crippen molar-refractivity contribution in [2.45, 2.75) is 44.7 Å². The number of carbonyl (C=O) groups excluding carboxylic acids is 1. The summed E-state index contributed by atoms with van der Waals surface area (Å²) in [5.41, 5.74) is 2.00. The number of nitrogens with zero attached hydrogens (tertiary/aromatic N) is 1. The van der Waals surface area contributed by atoms with Crippen molar-refractivity contribution in [3.05, 3.63) is 29.3 Å². The monoisotopic (exact) mass is 279 g/mol. The van der Waals surface area contributed by atoms with Crippen molar-refractivity contribution in [1.29, 1.82) is 0 Å². The molecule has 1 amide bonds. The van der Waals surface area contributed by atoms with E-state index in [9.17, 15) is 4.79 Å². The fraction of sp³-hybridized carbons (Fsp3) is 0.533. The molecule has 4 heteroatoms. The molecule has 1 aliphatic heterocycles. The molecule has 2 rings (SSSR count). The maximum absolute atomic E-state index is 12.2. The Balaban J connectivity index is 2.15. The van der Waals surface area contributed by atoms with E-state index in [1.165, 1.54) is 16.0 Å². The number of amides is 1. The number of aryl methyl sites for hydroxylation is 1. The Labute approximate surface area is 119 Å². The molecule has 0 saturated carbocycles. The maximum Gasteiger partial charge on any atom is 0.410 e. The van der Waals surface area contributed by atoms with Crippen LogP contribution in [-0.2, 0) is 11.3 Å². The number of carbonyl (C=O) groups is 1. The first-order valence-electron chi connectivity index (χ1n) is 6.55. The summed E-state index contributed by atoms with van der Waals surface area (Å²) in [4.78, 5) is 15.2. The van der Waals surface area contributed by atoms with Gasteiger partial charge < -0.3 is 9.64 Å². The molecule has 0 atom stereocenters. The van der Waals surface area contributed by atoms with Gasteiger partial charge in [-0.15, -0.1) is 11.8 Å². The molecule has 3 nitrogen and oxygen atoms in total. The molecule has 0 aliphatic carbocycles. The van der Waals surface area contributed by atoms with Gasteiger partial charge in [0.1, 0.15) is 5.60 Å². The number of rotatable bonds is 0. The Morgan fingerprint density at radius 2 is 2.11 bits per heavy atom. The van der Waals surface area contributed by atoms with Crippen molar-refractivity contribution >= 4 is 17.9 Å². The normalized spacial score (nSPS) is 15.7. The van der Waals surface area contributed by atoms with Crippen LogP contribution in [0.15, 0.2) is 23.1 Å². The minimum atomic E-state index is -0.439. The van der Waals surface area contributed by atoms with Gasteiger partial charge in [-0.05, 0) is 39.3 Å². The van der Waals surface area contributed by atoms with Crippen molar-refractivity contribution in [3.8, 4) is 0 Å². The van der Waals surface area contributed by atoms with Gasteiger partial charge in [0.05, 0.1) is 6.54 Å². The van der Waals surface area contributed by atoms with Crippen molar-refractivity contribution in [2.24, 2.45) is 0 Å². The van der Waals surface area contributed by atoms with Crippen molar-refractivity contribution in [1.82, 2.24) is 4.90 Å². The van der Waals surface area contributed by atoms with Gasteiger partial charge in [-0.3, -0.25) is 0 Å². The minimum Gasteiger partial charge on any atom is -0.444 e. The summed E-state index contributed by atoms with van der Waals surface area (Å²) >= 11 is 1.81. The molecule has 0 fully saturated rings. The summed E-state index contributed by atoms with van der Waals surface area (Å²) in [5.74, 6) is 0.912. The predicted octanol–water partition coefficient (Wildman–Crippen LogP) is 3.84. The zero-order valence-electron chi connectivity index (χ0n) is 12.0. The lowest BCUT2D eigenvalue weighted by Gasteiger charge is -2.26. The largest absolute Gasteiger partial charge is 0.444 e. The van der Waals surface area contributed by atoms with Gasteiger partial charge in [-0.25, -0.2) is 4.79 Å². The number of hydrogen-bond acceptors (Lipinski definition) is 3. The molecule has 1 aliphatic rings. The molecule has 0 bridgehead atoms. The zero-order chi connectivity index (χ0) is 14.0. The highest BCUT2D eigenvalue weighted by molar-refractivity contribution is 7.99. The van der Waals surface area contributed by atoms with Gasteiger partial charge in [0.15, 0.2) is 0 Å². The highest BCUT2D eigenvalue weighted by atomic mass is 32.2. The first-order chi connectivity index (χ1) is 8.85. The number of fused-ring (bicyclic) bond motifs is 1. The van der Waals surface area contributed by atoms with E-state index >= 15 is 0 Å². The second-order valence-electron chi connectivity index (χ2n) is 5.86. The molecule has 0 spiro atoms. The number of ether oxygens (including phenoxy) is 1. The maximum atomic E-state index is 12.2. The van der Waals surface area contributed by atoms with Crippen molar-refractivity contribution in [2.75, 3.05) is 12.3 Å². The number of hydrogen-bond donors (Lipinski definition) is 0. The van der Waals surface area contributed by atoms with Gasteiger partial charge in [0, 0.05) is 17.2 Å². The van der Waals surface area contributed by atoms with E-state index < -0.39 is 5.60 Å². The van der Waals surface area contributed by atoms with E-state index in [1.807, 2.05) is 32.5 Å². The van der Waals surface area contributed by atoms with Crippen LogP contribution in [0.3, 0.4) is 0 Å². The van der Waals surface area contributed by atoms with E-state index in [-0.39, 0.29) is 6.09 Å². The molecule has 1 aromatic rings. The Morgan fingerprint density at radius 3 is 2.79 bits per heavy atom. The summed E-state index contributed by atoms with van der Waals surface area (Å²) < 4.78 is 5.46. The topological polar surface area (TPSA) is 29.5 Å². The molecule has 19 heavy (non-hydrogen) atoms. The first kappa shape index (κ1) is 14.3. The molecule has 0 saturated heterocycles. The molecule has 1 aromatic carbocycles. The highest BCUT2D eigenvalue weighted by Gasteiger charge is 2.24. The Kier molecular flexibility index (Phi) is 4.09. The molecule has 0 aromatic heterocycles. The van der Waals surface area contributed by atoms with Crippen LogP contribution in [0.4, 0.5) is 4.79 Å². The summed E-state index contributed by atoms with van der Waals surface area (Å²) in [6, 6.07) is 6.42. The highest BCUT2D eigenvalue weighted by Crippen LogP contribution is 2.28. The van der Waals surface area contributed by atoms with Crippen LogP contribution in [0.1, 0.15) is 31.9 Å². The Morgan fingerprint density at radius 1 is 1.37 bits per heavy atom. The summed E-state index contributed by atoms with van der Waals surface area (Å²) in [6.45, 7) is 9.14. The zero-order valence-corrected chi connectivity index (χ0v) is 12.8. The average molecular weight is 279 g/mol. The standard InChI is InChI=1S/C15H21NO2S/c1-11-5-6-13-12(9-11)10-16(7-8-19-13)14(17)18-15(2,3)4/h5-6,9H,7-8,10H2,1-4H3. The van der Waals surface area contributed by atoms with Gasteiger partial charge in [-0.1, -0.05) is 17.7 Å². The van der Waals surface area contributed by atoms with Crippen LogP contribution < -0.4 is 0 Å². The van der Waals surface area contributed by atoms with Gasteiger partial charge in [0.2, 0.25) is 0 Å². The van der Waals surface area contributed by atoms with E-state index in [1.54, 1.807) is 4.90 Å². The fourth-order valence-corrected chi connectivity index (χ4v) is 3.01. The Hall–Kier alpha value is -1.16. The van der Waals surface area contributed by atoms with Crippen LogP contribution in [0.2, 0.25) is 0 Å². The molecule has 104 valence electrons. The molecular weight excluding hydrogens is 258 g/mol. The first-order valence-corrected chi connectivity index (χ1v) is 7.54. The second-order valence-corrected chi connectivity index (χ2v) is 7.00. The second kappa shape index (κ2) is 5.45. The molecule has 0 unspecified atom stereocenters. The smallest absolute Gasteiger partial charge is 0.410 e. The predicted molar refractivity (Wildman–Crippen MR) is 78.5 cm³/mol. The Bertz CT molecular complexity index is 480. The minimum absolute atomic E-state index is 0.220. The lowest BCUT2D eigenvalue weighted by Crippen LogP contribution is -2.37. The summed E-state index contributed by atoms with van der Waals surface area (Å²) in [5, 5.41) is 0. The SMILES string of the molecule is Cc1ccc2c(c1)CN(C(=O)OC(C)(C)C)CCS2. The fourth-order valence-electron chi connectivity index (χ4n) is 2.01. The van der Waals surface area contributed by atoms with Crippen molar-refractivity contribution < 1.29 is 9.53 Å². The van der Waals surface area contributed by atoms with Gasteiger partial charge >= 0.3 is 6.09 Å². The quantitative estimate of drug-likeness (QED) is 0.722. The number of benzene rings is 1. The summed E-state index contributed by atoms with van der Waals surface area (Å²) in [6.07, 6.45) is -0.220. The van der Waals surface area contributed by atoms with E-state index in [2.05, 4.69) is 25.1 Å². The summed E-state index contributed by atoms with van der Waals surface area (Å²) in [7, 11) is 0. The van der Waals surface area contributed by atoms with Gasteiger partial charge in [-0.2, -0.15) is 0 Å². The molecule has 0 radical (unpaired) electrons. The van der Waals surface area contributed by atoms with Crippen LogP contribution in [0.25, 0.3) is 0 Å². The van der Waals surface area contributed by atoms with Crippen LogP contribution in [0.5, 0.6) is 0 Å². The molecular formula is C15H21NO2S. The van der Waals surface area contributed by atoms with E-state index in [0.717, 1.165) is 12.3 Å². The molecule has 0 N–H and O–H groups in total. The lowest BCUT2D eigenvalue weighted by atomic mass is 10.1. The average Bonchev–Trinajstić information content (AvgIpc) is 2.48. The third-order valence-corrected chi connectivity index (χ3v) is 3.94. The third kappa shape index (κ3) is 3.90. The van der Waals surface area contributed by atoms with Crippen LogP contribution in [0, 0.1) is 6.92 Å². The van der Waals surface area contributed by atoms with Gasteiger partial charge in [0.25, 0.3) is 0 Å². The van der Waals surface area contributed by atoms with E-state index in [0.29, 0.717) is 6.54 Å². The lowest BCUT2D eigenvalue weighted by molar-refractivity contribution is 0.0247. The molecule has 1 heterocycles. The van der Waals surface area contributed by atoms with Crippen LogP contribution >= 0.6 is 11.8 Å².